The summed E-state index contributed by atoms with van der Waals surface area (Å²) in [6, 6.07) is 5.35. The van der Waals surface area contributed by atoms with Crippen molar-refractivity contribution >= 4 is 0 Å². The van der Waals surface area contributed by atoms with E-state index in [0.29, 0.717) is 12.1 Å². The van der Waals surface area contributed by atoms with Crippen LogP contribution >= 0.6 is 0 Å². The Balaban J connectivity index is 2.19. The van der Waals surface area contributed by atoms with E-state index in [9.17, 15) is 4.39 Å². The largest absolute Gasteiger partial charge is 0.382 e. The molecule has 0 atom stereocenters. The molecule has 0 aliphatic carbocycles. The van der Waals surface area contributed by atoms with Crippen LogP contribution in [0.3, 0.4) is 0 Å². The number of rotatable bonds is 7. The van der Waals surface area contributed by atoms with Crippen molar-refractivity contribution in [2.24, 2.45) is 0 Å². The molecule has 0 amide bonds. The summed E-state index contributed by atoms with van der Waals surface area (Å²) >= 11 is 0. The lowest BCUT2D eigenvalue weighted by Gasteiger charge is -2.06. The third kappa shape index (κ3) is 4.73. The average molecular weight is 225 g/mol. The normalized spacial score (nSPS) is 10.7. The second-order valence-electron chi connectivity index (χ2n) is 3.81. The first-order valence-corrected chi connectivity index (χ1v) is 5.77. The first-order chi connectivity index (χ1) is 7.74. The lowest BCUT2D eigenvalue weighted by atomic mass is 10.1. The zero-order valence-electron chi connectivity index (χ0n) is 10.1. The molecule has 1 rings (SSSR count). The molecule has 0 bridgehead atoms. The Labute approximate surface area is 96.8 Å². The zero-order valence-corrected chi connectivity index (χ0v) is 10.1. The predicted molar refractivity (Wildman–Crippen MR) is 64.0 cm³/mol. The van der Waals surface area contributed by atoms with Gasteiger partial charge in [0.05, 0.1) is 0 Å². The molecule has 0 spiro atoms. The lowest BCUT2D eigenvalue weighted by molar-refractivity contribution is 0.144. The SMILES string of the molecule is CCOCCCNCc1ccc(C)c(F)c1. The minimum absolute atomic E-state index is 0.131. The van der Waals surface area contributed by atoms with Crippen molar-refractivity contribution in [2.75, 3.05) is 19.8 Å². The summed E-state index contributed by atoms with van der Waals surface area (Å²) in [5.74, 6) is -0.131. The standard InChI is InChI=1S/C13H20FNO/c1-3-16-8-4-7-15-10-12-6-5-11(2)13(14)9-12/h5-6,9,15H,3-4,7-8,10H2,1-2H3. The molecular formula is C13H20FNO. The van der Waals surface area contributed by atoms with Gasteiger partial charge in [-0.1, -0.05) is 12.1 Å². The maximum Gasteiger partial charge on any atom is 0.126 e. The van der Waals surface area contributed by atoms with Crippen LogP contribution in [0.15, 0.2) is 18.2 Å². The van der Waals surface area contributed by atoms with Gasteiger partial charge in [0.1, 0.15) is 5.82 Å². The second-order valence-corrected chi connectivity index (χ2v) is 3.81. The summed E-state index contributed by atoms with van der Waals surface area (Å²) in [5, 5.41) is 3.26. The van der Waals surface area contributed by atoms with Crippen molar-refractivity contribution in [2.45, 2.75) is 26.8 Å². The molecule has 0 aliphatic rings. The molecule has 0 aliphatic heterocycles. The van der Waals surface area contributed by atoms with Gasteiger partial charge in [-0.05, 0) is 44.0 Å². The fraction of sp³-hybridized carbons (Fsp3) is 0.538. The fourth-order valence-electron chi connectivity index (χ4n) is 1.42. The molecule has 1 N–H and O–H groups in total. The molecule has 0 unspecified atom stereocenters. The van der Waals surface area contributed by atoms with Crippen molar-refractivity contribution in [1.29, 1.82) is 0 Å². The molecule has 90 valence electrons. The van der Waals surface area contributed by atoms with Gasteiger partial charge in [-0.2, -0.15) is 0 Å². The Bertz CT molecular complexity index is 315. The minimum Gasteiger partial charge on any atom is -0.382 e. The van der Waals surface area contributed by atoms with Crippen LogP contribution in [0, 0.1) is 12.7 Å². The number of nitrogens with one attached hydrogen (secondary N) is 1. The van der Waals surface area contributed by atoms with Gasteiger partial charge < -0.3 is 10.1 Å². The Morgan fingerprint density at radius 2 is 2.19 bits per heavy atom. The number of ether oxygens (including phenoxy) is 1. The summed E-state index contributed by atoms with van der Waals surface area (Å²) in [6.45, 7) is 6.92. The number of aryl methyl sites for hydroxylation is 1. The molecular weight excluding hydrogens is 205 g/mol. The van der Waals surface area contributed by atoms with Gasteiger partial charge in [-0.3, -0.25) is 0 Å². The third-order valence-electron chi connectivity index (χ3n) is 2.41. The van der Waals surface area contributed by atoms with E-state index in [0.717, 1.165) is 31.7 Å². The van der Waals surface area contributed by atoms with E-state index in [1.165, 1.54) is 0 Å². The highest BCUT2D eigenvalue weighted by Crippen LogP contribution is 2.08. The zero-order chi connectivity index (χ0) is 11.8. The van der Waals surface area contributed by atoms with Gasteiger partial charge in [0.2, 0.25) is 0 Å². The predicted octanol–water partition coefficient (Wildman–Crippen LogP) is 2.65. The molecule has 1 aromatic rings. The first kappa shape index (κ1) is 13.1. The van der Waals surface area contributed by atoms with E-state index in [1.54, 1.807) is 13.0 Å². The Morgan fingerprint density at radius 1 is 1.38 bits per heavy atom. The second kappa shape index (κ2) is 7.36. The first-order valence-electron chi connectivity index (χ1n) is 5.77. The van der Waals surface area contributed by atoms with Gasteiger partial charge in [-0.15, -0.1) is 0 Å². The molecule has 1 aromatic carbocycles. The van der Waals surface area contributed by atoms with Gasteiger partial charge in [0.15, 0.2) is 0 Å². The highest BCUT2D eigenvalue weighted by Gasteiger charge is 1.98. The van der Waals surface area contributed by atoms with Gasteiger partial charge in [0, 0.05) is 19.8 Å². The van der Waals surface area contributed by atoms with Crippen molar-refractivity contribution in [3.63, 3.8) is 0 Å². The molecule has 0 saturated carbocycles. The van der Waals surface area contributed by atoms with Crippen molar-refractivity contribution in [3.8, 4) is 0 Å². The van der Waals surface area contributed by atoms with E-state index in [4.69, 9.17) is 4.74 Å². The highest BCUT2D eigenvalue weighted by molar-refractivity contribution is 5.23. The quantitative estimate of drug-likeness (QED) is 0.720. The topological polar surface area (TPSA) is 21.3 Å². The Kier molecular flexibility index (Phi) is 6.04. The van der Waals surface area contributed by atoms with Gasteiger partial charge >= 0.3 is 0 Å². The molecule has 0 aromatic heterocycles. The maximum atomic E-state index is 13.2. The Morgan fingerprint density at radius 3 is 2.88 bits per heavy atom. The van der Waals surface area contributed by atoms with E-state index >= 15 is 0 Å². The lowest BCUT2D eigenvalue weighted by Crippen LogP contribution is -2.16. The van der Waals surface area contributed by atoms with Crippen LogP contribution in [0.2, 0.25) is 0 Å². The summed E-state index contributed by atoms with van der Waals surface area (Å²) < 4.78 is 18.4. The monoisotopic (exact) mass is 225 g/mol. The van der Waals surface area contributed by atoms with Gasteiger partial charge in [-0.25, -0.2) is 4.39 Å². The van der Waals surface area contributed by atoms with Crippen LogP contribution in [-0.4, -0.2) is 19.8 Å². The maximum absolute atomic E-state index is 13.2. The van der Waals surface area contributed by atoms with Crippen LogP contribution in [0.5, 0.6) is 0 Å². The van der Waals surface area contributed by atoms with Crippen molar-refractivity contribution in [3.05, 3.63) is 35.1 Å². The van der Waals surface area contributed by atoms with Crippen molar-refractivity contribution < 1.29 is 9.13 Å². The number of hydrogen-bond acceptors (Lipinski definition) is 2. The number of halogens is 1. The molecule has 0 saturated heterocycles. The highest BCUT2D eigenvalue weighted by atomic mass is 19.1. The molecule has 3 heteroatoms. The molecule has 0 heterocycles. The van der Waals surface area contributed by atoms with Crippen LogP contribution < -0.4 is 5.32 Å². The summed E-state index contributed by atoms with van der Waals surface area (Å²) in [7, 11) is 0. The minimum atomic E-state index is -0.131. The van der Waals surface area contributed by atoms with Crippen LogP contribution in [0.25, 0.3) is 0 Å². The average Bonchev–Trinajstić information content (AvgIpc) is 2.28. The molecule has 16 heavy (non-hydrogen) atoms. The fourth-order valence-corrected chi connectivity index (χ4v) is 1.42. The number of hydrogen-bond donors (Lipinski definition) is 1. The van der Waals surface area contributed by atoms with Gasteiger partial charge in [0.25, 0.3) is 0 Å². The van der Waals surface area contributed by atoms with E-state index in [2.05, 4.69) is 5.32 Å². The smallest absolute Gasteiger partial charge is 0.126 e. The Hall–Kier alpha value is -0.930. The van der Waals surface area contributed by atoms with Crippen LogP contribution in [0.1, 0.15) is 24.5 Å². The van der Waals surface area contributed by atoms with E-state index < -0.39 is 0 Å². The third-order valence-corrected chi connectivity index (χ3v) is 2.41. The van der Waals surface area contributed by atoms with Crippen molar-refractivity contribution in [1.82, 2.24) is 5.32 Å². The summed E-state index contributed by atoms with van der Waals surface area (Å²) in [5.41, 5.74) is 1.68. The summed E-state index contributed by atoms with van der Waals surface area (Å²) in [6.07, 6.45) is 0.988. The number of benzene rings is 1. The van der Waals surface area contributed by atoms with E-state index in [-0.39, 0.29) is 5.82 Å². The van der Waals surface area contributed by atoms with Crippen LogP contribution in [-0.2, 0) is 11.3 Å². The molecule has 0 fully saturated rings. The summed E-state index contributed by atoms with van der Waals surface area (Å²) in [4.78, 5) is 0. The van der Waals surface area contributed by atoms with E-state index in [1.807, 2.05) is 19.1 Å². The molecule has 2 nitrogen and oxygen atoms in total. The van der Waals surface area contributed by atoms with Crippen LogP contribution in [0.4, 0.5) is 4.39 Å². The molecule has 0 radical (unpaired) electrons.